The number of nitrogens with one attached hydrogen (secondary N) is 1. The van der Waals surface area contributed by atoms with Crippen molar-refractivity contribution >= 4 is 23.0 Å². The summed E-state index contributed by atoms with van der Waals surface area (Å²) >= 11 is 4.75. The van der Waals surface area contributed by atoms with Crippen LogP contribution in [0.4, 0.5) is 0 Å². The fraction of sp³-hybridized carbons (Fsp3) is 0.333. The molecule has 0 aliphatic heterocycles. The molecule has 1 aromatic carbocycles. The first-order valence-corrected chi connectivity index (χ1v) is 5.82. The average Bonchev–Trinajstić information content (AvgIpc) is 2.29. The Labute approximate surface area is 107 Å². The van der Waals surface area contributed by atoms with Crippen molar-refractivity contribution < 1.29 is 0 Å². The first-order chi connectivity index (χ1) is 8.09. The Morgan fingerprint density at radius 3 is 2.53 bits per heavy atom. The predicted molar refractivity (Wildman–Crippen MR) is 76.1 cm³/mol. The molecular formula is C12H18N4S. The summed E-state index contributed by atoms with van der Waals surface area (Å²) in [6.45, 7) is 0.923. The topological polar surface area (TPSA) is 53.6 Å². The number of benzene rings is 1. The summed E-state index contributed by atoms with van der Waals surface area (Å²) < 4.78 is 0. The first kappa shape index (κ1) is 13.6. The largest absolute Gasteiger partial charge is 0.375 e. The van der Waals surface area contributed by atoms with Gasteiger partial charge in [0.15, 0.2) is 5.11 Å². The lowest BCUT2D eigenvalue weighted by Crippen LogP contribution is -2.26. The van der Waals surface area contributed by atoms with Gasteiger partial charge in [0.05, 0.1) is 5.71 Å². The van der Waals surface area contributed by atoms with E-state index in [-0.39, 0.29) is 5.11 Å². The molecule has 0 fully saturated rings. The lowest BCUT2D eigenvalue weighted by Gasteiger charge is -2.11. The molecule has 3 N–H and O–H groups in total. The lowest BCUT2D eigenvalue weighted by atomic mass is 10.1. The third-order valence-corrected chi connectivity index (χ3v) is 2.30. The van der Waals surface area contributed by atoms with Gasteiger partial charge in [0.2, 0.25) is 0 Å². The van der Waals surface area contributed by atoms with Crippen molar-refractivity contribution in [3.8, 4) is 0 Å². The van der Waals surface area contributed by atoms with Crippen molar-refractivity contribution in [3.05, 3.63) is 35.9 Å². The summed E-state index contributed by atoms with van der Waals surface area (Å²) in [5.74, 6) is 0. The summed E-state index contributed by atoms with van der Waals surface area (Å²) in [5.41, 5.74) is 10.1. The molecule has 0 bridgehead atoms. The van der Waals surface area contributed by atoms with Gasteiger partial charge in [-0.15, -0.1) is 0 Å². The summed E-state index contributed by atoms with van der Waals surface area (Å²) in [4.78, 5) is 2.11. The van der Waals surface area contributed by atoms with Gasteiger partial charge < -0.3 is 10.6 Å². The maximum absolute atomic E-state index is 5.38. The standard InChI is InChI=1S/C12H18N4S/c1-16(2)9-8-11(14-15-12(13)17)10-6-4-3-5-7-10/h3-7H,8-9H2,1-2H3,(H3,13,15,17). The van der Waals surface area contributed by atoms with Crippen molar-refractivity contribution in [2.45, 2.75) is 6.42 Å². The van der Waals surface area contributed by atoms with Gasteiger partial charge in [0.25, 0.3) is 0 Å². The van der Waals surface area contributed by atoms with Crippen LogP contribution in [-0.2, 0) is 0 Å². The highest BCUT2D eigenvalue weighted by atomic mass is 32.1. The molecule has 0 unspecified atom stereocenters. The Balaban J connectivity index is 2.79. The quantitative estimate of drug-likeness (QED) is 0.468. The zero-order valence-corrected chi connectivity index (χ0v) is 11.0. The second-order valence-corrected chi connectivity index (χ2v) is 4.39. The van der Waals surface area contributed by atoms with Crippen LogP contribution >= 0.6 is 12.2 Å². The van der Waals surface area contributed by atoms with Crippen LogP contribution in [0.2, 0.25) is 0 Å². The van der Waals surface area contributed by atoms with Crippen molar-refractivity contribution in [2.24, 2.45) is 10.8 Å². The molecule has 17 heavy (non-hydrogen) atoms. The summed E-state index contributed by atoms with van der Waals surface area (Å²) in [6.07, 6.45) is 0.840. The second kappa shape index (κ2) is 6.98. The fourth-order valence-corrected chi connectivity index (χ4v) is 1.39. The van der Waals surface area contributed by atoms with Crippen LogP contribution in [0.3, 0.4) is 0 Å². The second-order valence-electron chi connectivity index (χ2n) is 3.95. The van der Waals surface area contributed by atoms with E-state index in [0.29, 0.717) is 0 Å². The molecule has 0 aliphatic rings. The Morgan fingerprint density at radius 2 is 2.00 bits per heavy atom. The molecule has 5 heteroatoms. The zero-order valence-electron chi connectivity index (χ0n) is 10.2. The maximum atomic E-state index is 5.38. The van der Waals surface area contributed by atoms with Crippen LogP contribution in [0, 0.1) is 0 Å². The van der Waals surface area contributed by atoms with Gasteiger partial charge in [-0.1, -0.05) is 30.3 Å². The number of nitrogens with zero attached hydrogens (tertiary/aromatic N) is 2. The SMILES string of the molecule is CN(C)CCC(=NNC(N)=S)c1ccccc1. The molecule has 0 atom stereocenters. The van der Waals surface area contributed by atoms with Gasteiger partial charge in [0.1, 0.15) is 0 Å². The highest BCUT2D eigenvalue weighted by Crippen LogP contribution is 2.04. The molecule has 1 rings (SSSR count). The Morgan fingerprint density at radius 1 is 1.35 bits per heavy atom. The Hall–Kier alpha value is -1.46. The Bertz CT molecular complexity index is 387. The highest BCUT2D eigenvalue weighted by Gasteiger charge is 2.04. The van der Waals surface area contributed by atoms with Crippen LogP contribution in [-0.4, -0.2) is 36.4 Å². The summed E-state index contributed by atoms with van der Waals surface area (Å²) in [7, 11) is 4.06. The van der Waals surface area contributed by atoms with Gasteiger partial charge in [-0.05, 0) is 31.9 Å². The van der Waals surface area contributed by atoms with E-state index in [1.54, 1.807) is 0 Å². The number of hydrazone groups is 1. The molecule has 4 nitrogen and oxygen atoms in total. The normalized spacial score (nSPS) is 11.6. The summed E-state index contributed by atoms with van der Waals surface area (Å²) in [5, 5.41) is 4.42. The van der Waals surface area contributed by atoms with Gasteiger partial charge in [-0.3, -0.25) is 5.43 Å². The van der Waals surface area contributed by atoms with E-state index in [0.717, 1.165) is 24.2 Å². The number of hydrogen-bond donors (Lipinski definition) is 2. The Kier molecular flexibility index (Phi) is 5.59. The molecule has 92 valence electrons. The number of rotatable bonds is 5. The molecule has 0 spiro atoms. The first-order valence-electron chi connectivity index (χ1n) is 5.41. The van der Waals surface area contributed by atoms with Crippen LogP contribution in [0.1, 0.15) is 12.0 Å². The van der Waals surface area contributed by atoms with Crippen molar-refractivity contribution in [2.75, 3.05) is 20.6 Å². The fourth-order valence-electron chi connectivity index (χ4n) is 1.35. The van der Waals surface area contributed by atoms with Crippen LogP contribution in [0.15, 0.2) is 35.4 Å². The van der Waals surface area contributed by atoms with Crippen molar-refractivity contribution in [1.82, 2.24) is 10.3 Å². The van der Waals surface area contributed by atoms with E-state index in [9.17, 15) is 0 Å². The highest BCUT2D eigenvalue weighted by molar-refractivity contribution is 7.80. The van der Waals surface area contributed by atoms with Crippen LogP contribution < -0.4 is 11.2 Å². The van der Waals surface area contributed by atoms with E-state index in [4.69, 9.17) is 18.0 Å². The lowest BCUT2D eigenvalue weighted by molar-refractivity contribution is 0.422. The monoisotopic (exact) mass is 250 g/mol. The van der Waals surface area contributed by atoms with Gasteiger partial charge in [-0.2, -0.15) is 5.10 Å². The van der Waals surface area contributed by atoms with Gasteiger partial charge in [-0.25, -0.2) is 0 Å². The minimum Gasteiger partial charge on any atom is -0.375 e. The minimum atomic E-state index is 0.184. The van der Waals surface area contributed by atoms with E-state index < -0.39 is 0 Å². The van der Waals surface area contributed by atoms with E-state index in [1.165, 1.54) is 0 Å². The molecule has 0 radical (unpaired) electrons. The average molecular weight is 250 g/mol. The molecule has 0 aliphatic carbocycles. The minimum absolute atomic E-state index is 0.184. The maximum Gasteiger partial charge on any atom is 0.184 e. The van der Waals surface area contributed by atoms with Crippen molar-refractivity contribution in [3.63, 3.8) is 0 Å². The smallest absolute Gasteiger partial charge is 0.184 e. The van der Waals surface area contributed by atoms with Crippen molar-refractivity contribution in [1.29, 1.82) is 0 Å². The van der Waals surface area contributed by atoms with E-state index in [1.807, 2.05) is 44.4 Å². The molecule has 0 aromatic heterocycles. The number of thiocarbonyl (C=S) groups is 1. The third kappa shape index (κ3) is 5.42. The zero-order chi connectivity index (χ0) is 12.7. The van der Waals surface area contributed by atoms with E-state index in [2.05, 4.69) is 15.4 Å². The third-order valence-electron chi connectivity index (χ3n) is 2.20. The molecule has 0 amide bonds. The number of nitrogens with two attached hydrogens (primary N) is 1. The predicted octanol–water partition coefficient (Wildman–Crippen LogP) is 1.18. The van der Waals surface area contributed by atoms with Gasteiger partial charge >= 0.3 is 0 Å². The van der Waals surface area contributed by atoms with Crippen LogP contribution in [0.25, 0.3) is 0 Å². The molecule has 0 saturated heterocycles. The molecule has 0 heterocycles. The van der Waals surface area contributed by atoms with Crippen LogP contribution in [0.5, 0.6) is 0 Å². The molecule has 1 aromatic rings. The molecular weight excluding hydrogens is 232 g/mol. The summed E-state index contributed by atoms with van der Waals surface area (Å²) in [6, 6.07) is 10.0. The van der Waals surface area contributed by atoms with E-state index >= 15 is 0 Å². The number of hydrogen-bond acceptors (Lipinski definition) is 3. The molecule has 0 saturated carbocycles. The van der Waals surface area contributed by atoms with Gasteiger partial charge in [0, 0.05) is 13.0 Å².